The molecular weight excluding hydrogens is 457 g/mol. The molecule has 0 radical (unpaired) electrons. The van der Waals surface area contributed by atoms with Gasteiger partial charge in [-0.1, -0.05) is 36.4 Å². The molecule has 2 aliphatic rings. The van der Waals surface area contributed by atoms with E-state index in [0.29, 0.717) is 18.9 Å². The number of nitrogens with zero attached hydrogens (tertiary/aromatic N) is 3. The molecule has 1 fully saturated rings. The monoisotopic (exact) mass is 481 g/mol. The van der Waals surface area contributed by atoms with Crippen LogP contribution in [0.1, 0.15) is 11.1 Å². The van der Waals surface area contributed by atoms with Crippen molar-refractivity contribution in [3.05, 3.63) is 89.7 Å². The summed E-state index contributed by atoms with van der Waals surface area (Å²) in [6.07, 6.45) is 0. The maximum atomic E-state index is 13.3. The van der Waals surface area contributed by atoms with Gasteiger partial charge in [-0.05, 0) is 42.0 Å². The normalized spacial score (nSPS) is 16.6. The van der Waals surface area contributed by atoms with E-state index in [2.05, 4.69) is 9.30 Å². The Morgan fingerprint density at radius 2 is 1.59 bits per heavy atom. The summed E-state index contributed by atoms with van der Waals surface area (Å²) in [4.78, 5) is 4.27. The van der Waals surface area contributed by atoms with E-state index < -0.39 is 15.8 Å². The van der Waals surface area contributed by atoms with E-state index in [4.69, 9.17) is 9.47 Å². The lowest BCUT2D eigenvalue weighted by molar-refractivity contribution is 0.172. The molecule has 0 aliphatic carbocycles. The summed E-state index contributed by atoms with van der Waals surface area (Å²) in [5, 5.41) is 0. The van der Waals surface area contributed by atoms with Crippen LogP contribution in [0.4, 0.5) is 4.39 Å². The number of hydrogen-bond donors (Lipinski definition) is 0. The summed E-state index contributed by atoms with van der Waals surface area (Å²) in [6, 6.07) is 20.0. The fraction of sp³-hybridized carbons (Fsp3) is 0.240. The molecule has 3 aromatic carbocycles. The van der Waals surface area contributed by atoms with Crippen LogP contribution in [0.5, 0.6) is 11.5 Å². The summed E-state index contributed by atoms with van der Waals surface area (Å²) >= 11 is 0. The van der Waals surface area contributed by atoms with E-state index in [1.165, 1.54) is 12.1 Å². The molecule has 0 amide bonds. The van der Waals surface area contributed by atoms with Crippen molar-refractivity contribution in [3.8, 4) is 11.5 Å². The van der Waals surface area contributed by atoms with Crippen LogP contribution in [0.2, 0.25) is 0 Å². The van der Waals surface area contributed by atoms with Gasteiger partial charge in [0.1, 0.15) is 11.7 Å². The number of benzene rings is 3. The average Bonchev–Trinajstić information content (AvgIpc) is 3.32. The number of rotatable bonds is 5. The Kier molecular flexibility index (Phi) is 6.21. The van der Waals surface area contributed by atoms with Gasteiger partial charge in [0.05, 0.1) is 4.90 Å². The van der Waals surface area contributed by atoms with E-state index in [-0.39, 0.29) is 11.7 Å². The highest BCUT2D eigenvalue weighted by molar-refractivity contribution is 7.90. The average molecular weight is 482 g/mol. The Labute approximate surface area is 198 Å². The second-order valence-electron chi connectivity index (χ2n) is 8.16. The van der Waals surface area contributed by atoms with Gasteiger partial charge in [-0.3, -0.25) is 4.90 Å². The highest BCUT2D eigenvalue weighted by Crippen LogP contribution is 2.33. The molecule has 3 aromatic rings. The molecular formula is C25H24FN3O4S. The second-order valence-corrected chi connectivity index (χ2v) is 9.76. The number of sulfonamides is 1. The number of piperazine rings is 1. The minimum Gasteiger partial charge on any atom is -0.454 e. The van der Waals surface area contributed by atoms with Gasteiger partial charge in [-0.25, -0.2) is 4.39 Å². The summed E-state index contributed by atoms with van der Waals surface area (Å²) in [6.45, 7) is 3.75. The van der Waals surface area contributed by atoms with Crippen molar-refractivity contribution in [2.75, 3.05) is 33.0 Å². The summed E-state index contributed by atoms with van der Waals surface area (Å²) < 4.78 is 54.3. The highest BCUT2D eigenvalue weighted by Gasteiger charge is 2.24. The smallest absolute Gasteiger partial charge is 0.284 e. The molecule has 0 N–H and O–H groups in total. The third-order valence-corrected chi connectivity index (χ3v) is 7.15. The predicted octanol–water partition coefficient (Wildman–Crippen LogP) is 3.51. The van der Waals surface area contributed by atoms with Crippen molar-refractivity contribution < 1.29 is 22.3 Å². The van der Waals surface area contributed by atoms with Gasteiger partial charge >= 0.3 is 0 Å². The van der Waals surface area contributed by atoms with Crippen LogP contribution in [0.15, 0.2) is 82.1 Å². The fourth-order valence-electron chi connectivity index (χ4n) is 4.07. The van der Waals surface area contributed by atoms with Crippen molar-refractivity contribution in [3.63, 3.8) is 0 Å². The first-order valence-corrected chi connectivity index (χ1v) is 12.4. The van der Waals surface area contributed by atoms with Crippen molar-refractivity contribution in [2.45, 2.75) is 11.4 Å². The molecule has 2 aliphatic heterocycles. The molecule has 0 spiro atoms. The molecule has 34 heavy (non-hydrogen) atoms. The third kappa shape index (κ3) is 4.90. The SMILES string of the molecule is O=S(=O)(/N=C(\c1ccccc1)N1CCN(Cc2ccc3c(c2)OCO3)CC1)c1ccc(F)cc1. The van der Waals surface area contributed by atoms with Crippen molar-refractivity contribution >= 4 is 15.9 Å². The van der Waals surface area contributed by atoms with Crippen LogP contribution < -0.4 is 9.47 Å². The molecule has 0 atom stereocenters. The minimum atomic E-state index is -4.00. The van der Waals surface area contributed by atoms with Crippen LogP contribution in [-0.4, -0.2) is 57.0 Å². The largest absolute Gasteiger partial charge is 0.454 e. The number of halogens is 1. The van der Waals surface area contributed by atoms with E-state index in [1.807, 2.05) is 53.4 Å². The maximum Gasteiger partial charge on any atom is 0.284 e. The van der Waals surface area contributed by atoms with Gasteiger partial charge in [0, 0.05) is 38.3 Å². The van der Waals surface area contributed by atoms with Crippen LogP contribution in [0, 0.1) is 5.82 Å². The van der Waals surface area contributed by atoms with Gasteiger partial charge in [0.15, 0.2) is 11.5 Å². The number of fused-ring (bicyclic) bond motifs is 1. The highest BCUT2D eigenvalue weighted by atomic mass is 32.2. The van der Waals surface area contributed by atoms with Crippen LogP contribution in [0.25, 0.3) is 0 Å². The molecule has 2 heterocycles. The first kappa shape index (κ1) is 22.4. The number of amidine groups is 1. The summed E-state index contributed by atoms with van der Waals surface area (Å²) in [5.41, 5.74) is 1.85. The maximum absolute atomic E-state index is 13.3. The lowest BCUT2D eigenvalue weighted by Crippen LogP contribution is -2.48. The van der Waals surface area contributed by atoms with Gasteiger partial charge < -0.3 is 14.4 Å². The Bertz CT molecular complexity index is 1290. The quantitative estimate of drug-likeness (QED) is 0.410. The second kappa shape index (κ2) is 9.44. The Morgan fingerprint density at radius 3 is 2.32 bits per heavy atom. The van der Waals surface area contributed by atoms with Crippen molar-refractivity contribution in [1.29, 1.82) is 0 Å². The Hall–Kier alpha value is -3.43. The van der Waals surface area contributed by atoms with Gasteiger partial charge in [-0.15, -0.1) is 4.40 Å². The molecule has 176 valence electrons. The van der Waals surface area contributed by atoms with Crippen molar-refractivity contribution in [1.82, 2.24) is 9.80 Å². The fourth-order valence-corrected chi connectivity index (χ4v) is 5.10. The van der Waals surface area contributed by atoms with Crippen LogP contribution >= 0.6 is 0 Å². The van der Waals surface area contributed by atoms with E-state index in [1.54, 1.807) is 0 Å². The Balaban J connectivity index is 1.34. The zero-order valence-electron chi connectivity index (χ0n) is 18.4. The number of hydrogen-bond acceptors (Lipinski definition) is 5. The standard InChI is InChI=1S/C25H24FN3O4S/c26-21-7-9-22(10-8-21)34(30,31)27-25(20-4-2-1-3-5-20)29-14-12-28(13-15-29)17-19-6-11-23-24(16-19)33-18-32-23/h1-11,16H,12-15,17-18H2/b27-25+. The van der Waals surface area contributed by atoms with E-state index >= 15 is 0 Å². The van der Waals surface area contributed by atoms with Gasteiger partial charge in [0.2, 0.25) is 6.79 Å². The predicted molar refractivity (Wildman–Crippen MR) is 126 cm³/mol. The summed E-state index contributed by atoms with van der Waals surface area (Å²) in [7, 11) is -4.00. The van der Waals surface area contributed by atoms with Crippen LogP contribution in [-0.2, 0) is 16.6 Å². The third-order valence-electron chi connectivity index (χ3n) is 5.87. The first-order chi connectivity index (χ1) is 16.5. The summed E-state index contributed by atoms with van der Waals surface area (Å²) in [5.74, 6) is 1.43. The first-order valence-electron chi connectivity index (χ1n) is 11.0. The molecule has 0 aromatic heterocycles. The van der Waals surface area contributed by atoms with Crippen molar-refractivity contribution in [2.24, 2.45) is 4.40 Å². The van der Waals surface area contributed by atoms with Gasteiger partial charge in [0.25, 0.3) is 10.0 Å². The molecule has 7 nitrogen and oxygen atoms in total. The van der Waals surface area contributed by atoms with E-state index in [9.17, 15) is 12.8 Å². The molecule has 5 rings (SSSR count). The zero-order valence-corrected chi connectivity index (χ0v) is 19.2. The van der Waals surface area contributed by atoms with Crippen LogP contribution in [0.3, 0.4) is 0 Å². The Morgan fingerprint density at radius 1 is 0.882 bits per heavy atom. The molecule has 0 saturated carbocycles. The lowest BCUT2D eigenvalue weighted by Gasteiger charge is -2.36. The topological polar surface area (TPSA) is 71.4 Å². The zero-order chi connectivity index (χ0) is 23.5. The minimum absolute atomic E-state index is 0.0382. The molecule has 1 saturated heterocycles. The van der Waals surface area contributed by atoms with Gasteiger partial charge in [-0.2, -0.15) is 8.42 Å². The van der Waals surface area contributed by atoms with E-state index in [0.717, 1.165) is 54.4 Å². The lowest BCUT2D eigenvalue weighted by atomic mass is 10.1. The molecule has 0 unspecified atom stereocenters. The number of ether oxygens (including phenoxy) is 2. The molecule has 0 bridgehead atoms. The molecule has 9 heteroatoms.